The lowest BCUT2D eigenvalue weighted by atomic mass is 10.2. The van der Waals surface area contributed by atoms with Gasteiger partial charge in [-0.2, -0.15) is 4.98 Å². The number of ether oxygens (including phenoxy) is 1. The third-order valence-corrected chi connectivity index (χ3v) is 4.09. The highest BCUT2D eigenvalue weighted by molar-refractivity contribution is 7.18. The molecule has 5 heteroatoms. The van der Waals surface area contributed by atoms with Crippen LogP contribution in [0.3, 0.4) is 0 Å². The third kappa shape index (κ3) is 2.62. The van der Waals surface area contributed by atoms with Gasteiger partial charge in [-0.25, -0.2) is 4.98 Å². The third-order valence-electron chi connectivity index (χ3n) is 2.97. The molecule has 0 saturated carbocycles. The Morgan fingerprint density at radius 2 is 2.10 bits per heavy atom. The normalized spacial score (nSPS) is 10.9. The van der Waals surface area contributed by atoms with Crippen LogP contribution in [0.15, 0.2) is 30.3 Å². The predicted molar refractivity (Wildman–Crippen MR) is 83.1 cm³/mol. The molecular weight excluding hydrogens is 292 g/mol. The smallest absolute Gasteiger partial charge is 0.232 e. The van der Waals surface area contributed by atoms with Gasteiger partial charge >= 0.3 is 0 Å². The highest BCUT2D eigenvalue weighted by Crippen LogP contribution is 2.33. The standard InChI is InChI=1S/C15H13ClN2OS/c1-3-10-5-4-6-11(8-10)19-13-12-7-9(2)20-14(12)18-15(16)17-13/h4-8H,3H2,1-2H3. The minimum atomic E-state index is 0.209. The van der Waals surface area contributed by atoms with Gasteiger partial charge < -0.3 is 4.74 Å². The number of hydrogen-bond donors (Lipinski definition) is 0. The van der Waals surface area contributed by atoms with E-state index >= 15 is 0 Å². The van der Waals surface area contributed by atoms with E-state index in [0.29, 0.717) is 5.88 Å². The summed E-state index contributed by atoms with van der Waals surface area (Å²) in [7, 11) is 0. The first-order valence-electron chi connectivity index (χ1n) is 6.36. The van der Waals surface area contributed by atoms with Crippen LogP contribution in [0.5, 0.6) is 11.6 Å². The topological polar surface area (TPSA) is 35.0 Å². The van der Waals surface area contributed by atoms with Gasteiger partial charge in [0.25, 0.3) is 0 Å². The second kappa shape index (κ2) is 5.38. The van der Waals surface area contributed by atoms with E-state index in [9.17, 15) is 0 Å². The number of hydrogen-bond acceptors (Lipinski definition) is 4. The first kappa shape index (κ1) is 13.3. The second-order valence-electron chi connectivity index (χ2n) is 4.48. The van der Waals surface area contributed by atoms with Crippen molar-refractivity contribution in [2.75, 3.05) is 0 Å². The largest absolute Gasteiger partial charge is 0.438 e. The fraction of sp³-hybridized carbons (Fsp3) is 0.200. The molecule has 20 heavy (non-hydrogen) atoms. The molecule has 0 amide bonds. The Kier molecular flexibility index (Phi) is 3.59. The number of benzene rings is 1. The molecule has 0 N–H and O–H groups in total. The van der Waals surface area contributed by atoms with Crippen molar-refractivity contribution in [3.05, 3.63) is 46.1 Å². The Morgan fingerprint density at radius 3 is 2.90 bits per heavy atom. The van der Waals surface area contributed by atoms with E-state index in [-0.39, 0.29) is 5.28 Å². The fourth-order valence-electron chi connectivity index (χ4n) is 2.01. The summed E-state index contributed by atoms with van der Waals surface area (Å²) in [6, 6.07) is 10.0. The van der Waals surface area contributed by atoms with Gasteiger partial charge in [-0.15, -0.1) is 11.3 Å². The van der Waals surface area contributed by atoms with Crippen LogP contribution >= 0.6 is 22.9 Å². The molecule has 0 spiro atoms. The summed E-state index contributed by atoms with van der Waals surface area (Å²) in [5, 5.41) is 1.11. The van der Waals surface area contributed by atoms with Crippen molar-refractivity contribution in [3.8, 4) is 11.6 Å². The Labute approximate surface area is 126 Å². The van der Waals surface area contributed by atoms with E-state index in [1.807, 2.05) is 31.2 Å². The van der Waals surface area contributed by atoms with Crippen molar-refractivity contribution in [2.24, 2.45) is 0 Å². The van der Waals surface area contributed by atoms with Crippen LogP contribution in [0.2, 0.25) is 5.28 Å². The maximum absolute atomic E-state index is 5.96. The average molecular weight is 305 g/mol. The number of aryl methyl sites for hydroxylation is 2. The molecule has 2 heterocycles. The number of halogens is 1. The minimum absolute atomic E-state index is 0.209. The molecule has 0 aliphatic rings. The van der Waals surface area contributed by atoms with Gasteiger partial charge in [-0.1, -0.05) is 19.1 Å². The molecule has 3 aromatic rings. The summed E-state index contributed by atoms with van der Waals surface area (Å²) in [6.07, 6.45) is 0.967. The zero-order chi connectivity index (χ0) is 14.1. The first-order valence-corrected chi connectivity index (χ1v) is 7.55. The molecule has 0 aliphatic heterocycles. The Morgan fingerprint density at radius 1 is 1.25 bits per heavy atom. The van der Waals surface area contributed by atoms with Gasteiger partial charge in [0.1, 0.15) is 10.6 Å². The van der Waals surface area contributed by atoms with Crippen LogP contribution in [0.25, 0.3) is 10.2 Å². The molecule has 3 nitrogen and oxygen atoms in total. The van der Waals surface area contributed by atoms with Crippen LogP contribution in [0, 0.1) is 6.92 Å². The van der Waals surface area contributed by atoms with Crippen molar-refractivity contribution < 1.29 is 4.74 Å². The van der Waals surface area contributed by atoms with E-state index in [4.69, 9.17) is 16.3 Å². The van der Waals surface area contributed by atoms with E-state index in [1.54, 1.807) is 11.3 Å². The minimum Gasteiger partial charge on any atom is -0.438 e. The maximum Gasteiger partial charge on any atom is 0.232 e. The maximum atomic E-state index is 5.96. The molecule has 0 bridgehead atoms. The fourth-order valence-corrected chi connectivity index (χ4v) is 3.09. The summed E-state index contributed by atoms with van der Waals surface area (Å²) in [5.41, 5.74) is 1.22. The zero-order valence-electron chi connectivity index (χ0n) is 11.2. The molecule has 102 valence electrons. The molecule has 0 fully saturated rings. The lowest BCUT2D eigenvalue weighted by Crippen LogP contribution is -1.92. The summed E-state index contributed by atoms with van der Waals surface area (Å²) < 4.78 is 5.90. The van der Waals surface area contributed by atoms with E-state index < -0.39 is 0 Å². The van der Waals surface area contributed by atoms with Gasteiger partial charge in [-0.05, 0) is 48.7 Å². The molecular formula is C15H13ClN2OS. The van der Waals surface area contributed by atoms with Crippen molar-refractivity contribution in [2.45, 2.75) is 20.3 Å². The monoisotopic (exact) mass is 304 g/mol. The van der Waals surface area contributed by atoms with Crippen molar-refractivity contribution >= 4 is 33.2 Å². The van der Waals surface area contributed by atoms with E-state index in [1.165, 1.54) is 5.56 Å². The molecule has 0 atom stereocenters. The SMILES string of the molecule is CCc1cccc(Oc2nc(Cl)nc3sc(C)cc23)c1. The highest BCUT2D eigenvalue weighted by Gasteiger charge is 2.11. The van der Waals surface area contributed by atoms with E-state index in [2.05, 4.69) is 23.0 Å². The number of aromatic nitrogens is 2. The quantitative estimate of drug-likeness (QED) is 0.638. The van der Waals surface area contributed by atoms with Crippen molar-refractivity contribution in [3.63, 3.8) is 0 Å². The predicted octanol–water partition coefficient (Wildman–Crippen LogP) is 5.01. The summed E-state index contributed by atoms with van der Waals surface area (Å²) in [6.45, 7) is 4.14. The van der Waals surface area contributed by atoms with Crippen LogP contribution in [-0.2, 0) is 6.42 Å². The summed E-state index contributed by atoms with van der Waals surface area (Å²) >= 11 is 7.55. The molecule has 2 aromatic heterocycles. The van der Waals surface area contributed by atoms with Crippen LogP contribution in [-0.4, -0.2) is 9.97 Å². The number of thiophene rings is 1. The zero-order valence-corrected chi connectivity index (χ0v) is 12.8. The summed E-state index contributed by atoms with van der Waals surface area (Å²) in [4.78, 5) is 10.4. The van der Waals surface area contributed by atoms with Crippen molar-refractivity contribution in [1.82, 2.24) is 9.97 Å². The number of fused-ring (bicyclic) bond motifs is 1. The molecule has 0 radical (unpaired) electrons. The van der Waals surface area contributed by atoms with Gasteiger partial charge in [0.2, 0.25) is 11.2 Å². The van der Waals surface area contributed by atoms with Gasteiger partial charge in [0.15, 0.2) is 0 Å². The highest BCUT2D eigenvalue weighted by atomic mass is 35.5. The Hall–Kier alpha value is -1.65. The molecule has 0 saturated heterocycles. The average Bonchev–Trinajstić information content (AvgIpc) is 2.79. The molecule has 1 aromatic carbocycles. The van der Waals surface area contributed by atoms with Gasteiger partial charge in [-0.3, -0.25) is 0 Å². The van der Waals surface area contributed by atoms with Gasteiger partial charge in [0.05, 0.1) is 5.39 Å². The molecule has 0 aliphatic carbocycles. The van der Waals surface area contributed by atoms with Crippen LogP contribution in [0.1, 0.15) is 17.4 Å². The Balaban J connectivity index is 2.05. The van der Waals surface area contributed by atoms with Gasteiger partial charge in [0, 0.05) is 4.88 Å². The summed E-state index contributed by atoms with van der Waals surface area (Å²) in [5.74, 6) is 1.28. The van der Waals surface area contributed by atoms with E-state index in [0.717, 1.165) is 27.3 Å². The Bertz CT molecular complexity index is 770. The van der Waals surface area contributed by atoms with Crippen LogP contribution in [0.4, 0.5) is 0 Å². The number of rotatable bonds is 3. The van der Waals surface area contributed by atoms with Crippen LogP contribution < -0.4 is 4.74 Å². The molecule has 3 rings (SSSR count). The second-order valence-corrected chi connectivity index (χ2v) is 6.05. The lowest BCUT2D eigenvalue weighted by molar-refractivity contribution is 0.468. The van der Waals surface area contributed by atoms with Crippen molar-refractivity contribution in [1.29, 1.82) is 0 Å². The lowest BCUT2D eigenvalue weighted by Gasteiger charge is -2.07. The number of nitrogens with zero attached hydrogens (tertiary/aromatic N) is 2. The molecule has 0 unspecified atom stereocenters. The first-order chi connectivity index (χ1) is 9.65.